The Labute approximate surface area is 388 Å². The normalized spacial score (nSPS) is 12.7. The highest BCUT2D eigenvalue weighted by molar-refractivity contribution is 5.71. The monoisotopic (exact) mass is 877 g/mol. The van der Waals surface area contributed by atoms with Gasteiger partial charge in [-0.25, -0.2) is 0 Å². The molecule has 0 amide bonds. The molecule has 0 saturated heterocycles. The van der Waals surface area contributed by atoms with Crippen LogP contribution < -0.4 is 0 Å². The third kappa shape index (κ3) is 49.5. The lowest BCUT2D eigenvalue weighted by atomic mass is 10.0. The molecule has 0 aliphatic heterocycles. The molecule has 0 radical (unpaired) electrons. The van der Waals surface area contributed by atoms with Gasteiger partial charge in [-0.2, -0.15) is 0 Å². The molecule has 0 spiro atoms. The molecule has 6 nitrogen and oxygen atoms in total. The van der Waals surface area contributed by atoms with Crippen LogP contribution in [0.2, 0.25) is 0 Å². The zero-order valence-electron chi connectivity index (χ0n) is 41.1. The van der Waals surface area contributed by atoms with E-state index in [1.165, 1.54) is 83.5 Å². The first-order chi connectivity index (χ1) is 31.0. The number of hydrogen-bond donors (Lipinski definition) is 0. The first kappa shape index (κ1) is 59.6. The average molecular weight is 877 g/mol. The van der Waals surface area contributed by atoms with Gasteiger partial charge in [-0.3, -0.25) is 14.4 Å². The summed E-state index contributed by atoms with van der Waals surface area (Å²) >= 11 is 0. The van der Waals surface area contributed by atoms with Crippen molar-refractivity contribution in [1.82, 2.24) is 0 Å². The maximum absolute atomic E-state index is 12.8. The lowest BCUT2D eigenvalue weighted by Gasteiger charge is -2.18. The van der Waals surface area contributed by atoms with Crippen LogP contribution in [0.5, 0.6) is 0 Å². The van der Waals surface area contributed by atoms with E-state index >= 15 is 0 Å². The minimum absolute atomic E-state index is 0.0925. The highest BCUT2D eigenvalue weighted by atomic mass is 16.6. The minimum atomic E-state index is -0.796. The van der Waals surface area contributed by atoms with Crippen LogP contribution in [-0.4, -0.2) is 37.2 Å². The van der Waals surface area contributed by atoms with Crippen molar-refractivity contribution in [2.45, 2.75) is 245 Å². The van der Waals surface area contributed by atoms with Gasteiger partial charge in [-0.05, 0) is 77.0 Å². The first-order valence-corrected chi connectivity index (χ1v) is 26.1. The van der Waals surface area contributed by atoms with E-state index in [2.05, 4.69) is 106 Å². The van der Waals surface area contributed by atoms with Crippen LogP contribution in [0.15, 0.2) is 85.1 Å². The van der Waals surface area contributed by atoms with Crippen molar-refractivity contribution in [2.24, 2.45) is 0 Å². The molecule has 1 unspecified atom stereocenters. The summed E-state index contributed by atoms with van der Waals surface area (Å²) in [5, 5.41) is 0. The van der Waals surface area contributed by atoms with Gasteiger partial charge in [0.05, 0.1) is 0 Å². The number of hydrogen-bond acceptors (Lipinski definition) is 6. The van der Waals surface area contributed by atoms with Crippen molar-refractivity contribution < 1.29 is 28.6 Å². The minimum Gasteiger partial charge on any atom is -0.462 e. The number of rotatable bonds is 46. The van der Waals surface area contributed by atoms with Crippen molar-refractivity contribution in [3.63, 3.8) is 0 Å². The van der Waals surface area contributed by atoms with E-state index in [0.717, 1.165) is 116 Å². The second-order valence-corrected chi connectivity index (χ2v) is 17.1. The largest absolute Gasteiger partial charge is 0.462 e. The quantitative estimate of drug-likeness (QED) is 0.0199. The Hall–Kier alpha value is -3.41. The summed E-state index contributed by atoms with van der Waals surface area (Å²) in [6.45, 7) is 6.45. The van der Waals surface area contributed by atoms with Crippen LogP contribution in [-0.2, 0) is 28.6 Å². The Kier molecular flexibility index (Phi) is 48.5. The van der Waals surface area contributed by atoms with E-state index < -0.39 is 6.10 Å². The van der Waals surface area contributed by atoms with Gasteiger partial charge in [0.15, 0.2) is 6.10 Å². The maximum atomic E-state index is 12.8. The average Bonchev–Trinajstić information content (AvgIpc) is 3.28. The molecule has 0 fully saturated rings. The van der Waals surface area contributed by atoms with Crippen LogP contribution in [0, 0.1) is 0 Å². The molecule has 1 atom stereocenters. The van der Waals surface area contributed by atoms with Crippen molar-refractivity contribution in [3.05, 3.63) is 85.1 Å². The van der Waals surface area contributed by atoms with Gasteiger partial charge in [-0.15, -0.1) is 0 Å². The summed E-state index contributed by atoms with van der Waals surface area (Å²) in [4.78, 5) is 38.0. The highest BCUT2D eigenvalue weighted by Gasteiger charge is 2.19. The topological polar surface area (TPSA) is 78.9 Å². The Morgan fingerprint density at radius 1 is 0.349 bits per heavy atom. The molecule has 0 rings (SSSR count). The van der Waals surface area contributed by atoms with E-state index in [4.69, 9.17) is 14.2 Å². The maximum Gasteiger partial charge on any atom is 0.306 e. The second kappa shape index (κ2) is 51.2. The van der Waals surface area contributed by atoms with E-state index in [9.17, 15) is 14.4 Å². The number of allylic oxidation sites excluding steroid dienone is 14. The molecule has 0 heterocycles. The number of unbranched alkanes of at least 4 members (excludes halogenated alkanes) is 24. The van der Waals surface area contributed by atoms with Crippen molar-refractivity contribution in [2.75, 3.05) is 13.2 Å². The fourth-order valence-electron chi connectivity index (χ4n) is 7.06. The van der Waals surface area contributed by atoms with Crippen molar-refractivity contribution in [3.8, 4) is 0 Å². The lowest BCUT2D eigenvalue weighted by molar-refractivity contribution is -0.167. The van der Waals surface area contributed by atoms with Crippen molar-refractivity contribution >= 4 is 17.9 Å². The van der Waals surface area contributed by atoms with Gasteiger partial charge in [0.2, 0.25) is 0 Å². The SMILES string of the molecule is CC/C=C\C/C=C\C/C=C\CCCCCCC(=O)OC(COC(=O)CCCCCCC\C=C/C=C\C=C/C=C\CCCCC)COC(=O)CCCCCCCCCCCCCCC. The molecule has 0 N–H and O–H groups in total. The standard InChI is InChI=1S/C57H96O6/c1-4-7-10-13-16-19-22-25-27-28-29-30-33-35-38-41-44-47-50-56(59)62-53-54(52-61-55(58)49-46-43-40-37-34-31-24-21-18-15-12-9-6-3)63-57(60)51-48-45-42-39-36-32-26-23-20-17-14-11-8-5-2/h8,11,16-17,19-20,22,25-30,32,54H,4-7,9-10,12-15,18,21,23-24,31,33-53H2,1-3H3/b11-8-,19-16-,20-17-,25-22-,28-27-,30-29-,32-26-. The van der Waals surface area contributed by atoms with Gasteiger partial charge >= 0.3 is 17.9 Å². The number of carbonyl (C=O) groups is 3. The lowest BCUT2D eigenvalue weighted by Crippen LogP contribution is -2.30. The first-order valence-electron chi connectivity index (χ1n) is 26.1. The Morgan fingerprint density at radius 3 is 1.14 bits per heavy atom. The Bertz CT molecular complexity index is 1240. The number of esters is 3. The summed E-state index contributed by atoms with van der Waals surface area (Å²) < 4.78 is 16.8. The zero-order valence-corrected chi connectivity index (χ0v) is 41.1. The van der Waals surface area contributed by atoms with Crippen LogP contribution in [0.25, 0.3) is 0 Å². The number of carbonyl (C=O) groups excluding carboxylic acids is 3. The smallest absolute Gasteiger partial charge is 0.306 e. The second-order valence-electron chi connectivity index (χ2n) is 17.1. The van der Waals surface area contributed by atoms with Crippen LogP contribution in [0.1, 0.15) is 239 Å². The summed E-state index contributed by atoms with van der Waals surface area (Å²) in [6, 6.07) is 0. The fourth-order valence-corrected chi connectivity index (χ4v) is 7.06. The molecule has 0 aromatic carbocycles. The molecule has 360 valence electrons. The molecule has 0 aliphatic carbocycles. The van der Waals surface area contributed by atoms with E-state index in [1.807, 2.05) is 0 Å². The molecule has 0 aliphatic rings. The highest BCUT2D eigenvalue weighted by Crippen LogP contribution is 2.15. The van der Waals surface area contributed by atoms with Crippen LogP contribution >= 0.6 is 0 Å². The molecular weight excluding hydrogens is 781 g/mol. The predicted molar refractivity (Wildman–Crippen MR) is 270 cm³/mol. The predicted octanol–water partition coefficient (Wildman–Crippen LogP) is 17.2. The molecule has 0 aromatic heterocycles. The third-order valence-electron chi connectivity index (χ3n) is 11.0. The molecule has 0 saturated carbocycles. The molecule has 0 aromatic rings. The van der Waals surface area contributed by atoms with Crippen LogP contribution in [0.3, 0.4) is 0 Å². The van der Waals surface area contributed by atoms with Gasteiger partial charge in [0, 0.05) is 19.3 Å². The Morgan fingerprint density at radius 2 is 0.683 bits per heavy atom. The molecule has 6 heteroatoms. The van der Waals surface area contributed by atoms with Gasteiger partial charge in [0.25, 0.3) is 0 Å². The Balaban J connectivity index is 4.46. The summed E-state index contributed by atoms with van der Waals surface area (Å²) in [5.41, 5.74) is 0. The fraction of sp³-hybridized carbons (Fsp3) is 0.702. The van der Waals surface area contributed by atoms with Gasteiger partial charge in [-0.1, -0.05) is 228 Å². The van der Waals surface area contributed by atoms with E-state index in [0.29, 0.717) is 19.3 Å². The van der Waals surface area contributed by atoms with Gasteiger partial charge in [0.1, 0.15) is 13.2 Å². The summed E-state index contributed by atoms with van der Waals surface area (Å²) in [5.74, 6) is -0.938. The summed E-state index contributed by atoms with van der Waals surface area (Å²) in [6.07, 6.45) is 65.6. The number of ether oxygens (including phenoxy) is 3. The molecule has 63 heavy (non-hydrogen) atoms. The van der Waals surface area contributed by atoms with Crippen LogP contribution in [0.4, 0.5) is 0 Å². The summed E-state index contributed by atoms with van der Waals surface area (Å²) in [7, 11) is 0. The van der Waals surface area contributed by atoms with Gasteiger partial charge < -0.3 is 14.2 Å². The molecule has 0 bridgehead atoms. The van der Waals surface area contributed by atoms with E-state index in [-0.39, 0.29) is 31.1 Å². The van der Waals surface area contributed by atoms with E-state index in [1.54, 1.807) is 0 Å². The third-order valence-corrected chi connectivity index (χ3v) is 11.0. The zero-order chi connectivity index (χ0) is 45.8. The molecular formula is C57H96O6. The van der Waals surface area contributed by atoms with Crippen molar-refractivity contribution in [1.29, 1.82) is 0 Å².